The molecule has 3 atom stereocenters. The molecule has 1 N–H and O–H groups in total. The first-order valence-electron chi connectivity index (χ1n) is 23.9. The number of carbonyl (C=O) groups is 5. The molecular weight excluding hydrogens is 1040 g/mol. The van der Waals surface area contributed by atoms with E-state index in [0.29, 0.717) is 53.0 Å². The van der Waals surface area contributed by atoms with Crippen molar-refractivity contribution in [2.24, 2.45) is 5.16 Å². The number of benzene rings is 3. The number of nitrogens with one attached hydrogen (secondary N) is 1. The topological polar surface area (TPSA) is 215 Å². The van der Waals surface area contributed by atoms with Crippen molar-refractivity contribution in [2.45, 2.75) is 96.8 Å². The summed E-state index contributed by atoms with van der Waals surface area (Å²) in [4.78, 5) is 81.9. The molecule has 3 amide bonds. The second kappa shape index (κ2) is 22.9. The molecule has 3 aliphatic rings. The van der Waals surface area contributed by atoms with Gasteiger partial charge in [0.25, 0.3) is 17.7 Å². The number of halogens is 1. The van der Waals surface area contributed by atoms with Crippen molar-refractivity contribution in [3.05, 3.63) is 134 Å². The number of esters is 1. The molecule has 23 heteroatoms. The summed E-state index contributed by atoms with van der Waals surface area (Å²) in [6.07, 6.45) is 2.80. The number of carbonyl (C=O) groups excluding carboxylic acids is 5. The van der Waals surface area contributed by atoms with Gasteiger partial charge in [-0.25, -0.2) is 14.6 Å². The quantitative estimate of drug-likeness (QED) is 0.0266. The van der Waals surface area contributed by atoms with Crippen LogP contribution in [-0.2, 0) is 70.4 Å². The van der Waals surface area contributed by atoms with Crippen molar-refractivity contribution in [1.29, 1.82) is 0 Å². The average Bonchev–Trinajstić information content (AvgIpc) is 3.85. The van der Waals surface area contributed by atoms with Gasteiger partial charge in [0.2, 0.25) is 11.3 Å². The van der Waals surface area contributed by atoms with Crippen LogP contribution < -0.4 is 33.7 Å². The van der Waals surface area contributed by atoms with Crippen LogP contribution in [0.3, 0.4) is 0 Å². The Bertz CT molecular complexity index is 3160. The summed E-state index contributed by atoms with van der Waals surface area (Å²) in [5, 5.41) is 7.60. The average molecular weight is 1090 g/mol. The molecule has 19 nitrogen and oxygen atoms in total. The zero-order valence-electron chi connectivity index (χ0n) is 43.0. The van der Waals surface area contributed by atoms with Crippen LogP contribution in [0.4, 0.5) is 5.69 Å². The fraction of sp³-hybridized carbons (Fsp3) is 0.358. The lowest BCUT2D eigenvalue weighted by molar-refractivity contribution is -0.696. The molecule has 5 heterocycles. The first-order chi connectivity index (χ1) is 36.2. The maximum atomic E-state index is 14.7. The molecule has 0 aliphatic carbocycles. The zero-order chi connectivity index (χ0) is 54.6. The molecule has 0 saturated carbocycles. The largest absolute Gasteiger partial charge is 0.539 e. The third-order valence-electron chi connectivity index (χ3n) is 12.4. The lowest BCUT2D eigenvalue weighted by Gasteiger charge is -2.49. The van der Waals surface area contributed by atoms with Crippen LogP contribution in [-0.4, -0.2) is 107 Å². The van der Waals surface area contributed by atoms with E-state index in [1.807, 2.05) is 53.1 Å². The molecule has 0 spiro atoms. The van der Waals surface area contributed by atoms with Gasteiger partial charge in [0, 0.05) is 30.0 Å². The van der Waals surface area contributed by atoms with E-state index < -0.39 is 63.1 Å². The Balaban J connectivity index is 1.04. The van der Waals surface area contributed by atoms with Crippen LogP contribution in [0.25, 0.3) is 0 Å². The minimum absolute atomic E-state index is 0.0435. The highest BCUT2D eigenvalue weighted by Gasteiger charge is 2.58. The lowest BCUT2D eigenvalue weighted by Crippen LogP contribution is -2.74. The summed E-state index contributed by atoms with van der Waals surface area (Å²) in [6.45, 7) is 10.2. The van der Waals surface area contributed by atoms with Crippen LogP contribution >= 0.6 is 22.9 Å². The van der Waals surface area contributed by atoms with Crippen molar-refractivity contribution >= 4 is 82.8 Å². The van der Waals surface area contributed by atoms with Crippen molar-refractivity contribution < 1.29 is 65.9 Å². The van der Waals surface area contributed by atoms with E-state index in [1.54, 1.807) is 82.7 Å². The Hall–Kier alpha value is -7.30. The number of fused-ring (bicyclic) bond motifs is 2. The standard InChI is InChI=1S/C53H54BClN6O13S2/c1-30-56-37(28-75-30)42(58-74-53(5,6)51(66)72-52(2,3)4)46(62)57-43-48(64)61-44(50(65)73-54)33(29-76(67)49(43)61)25-59-23-9-12-39-38(59)11-10-24-60(39)47(63)36-21-22-40(70-26-31-13-17-34(68-7)18-14-31)45(41(36)55)71-27-32-15-19-35(69-8)20-16-32/h9,12-23,28,43,49H,10-11,24-27,29H2,1-8H3/p+1/b58-42-/t43-,49-,76?/m1/s1. The fourth-order valence-corrected chi connectivity index (χ4v) is 11.1. The highest BCUT2D eigenvalue weighted by molar-refractivity contribution is 7.86. The summed E-state index contributed by atoms with van der Waals surface area (Å²) < 4.78 is 49.4. The predicted molar refractivity (Wildman–Crippen MR) is 282 cm³/mol. The second-order valence-corrected chi connectivity index (χ2v) is 22.3. The van der Waals surface area contributed by atoms with E-state index in [1.165, 1.54) is 25.2 Å². The van der Waals surface area contributed by atoms with Crippen LogP contribution in [0.5, 0.6) is 23.0 Å². The number of β-lactam (4-membered cyclic amide) rings is 1. The van der Waals surface area contributed by atoms with Crippen molar-refractivity contribution in [3.63, 3.8) is 0 Å². The van der Waals surface area contributed by atoms with E-state index >= 15 is 0 Å². The van der Waals surface area contributed by atoms with Crippen LogP contribution in [0.2, 0.25) is 5.02 Å². The molecule has 2 radical (unpaired) electrons. The summed E-state index contributed by atoms with van der Waals surface area (Å²) >= 11 is 8.36. The molecule has 5 aromatic rings. The number of pyridine rings is 1. The molecule has 0 bridgehead atoms. The van der Waals surface area contributed by atoms with E-state index in [4.69, 9.17) is 52.8 Å². The molecule has 76 heavy (non-hydrogen) atoms. The molecule has 3 aromatic carbocycles. The smallest absolute Gasteiger partial charge is 0.378 e. The van der Waals surface area contributed by atoms with Gasteiger partial charge in [-0.1, -0.05) is 41.0 Å². The number of methoxy groups -OCH3 is 2. The van der Waals surface area contributed by atoms with E-state index in [0.717, 1.165) is 16.0 Å². The monoisotopic (exact) mass is 1090 g/mol. The fourth-order valence-electron chi connectivity index (χ4n) is 8.54. The number of nitrogens with zero attached hydrogens (tertiary/aromatic N) is 5. The summed E-state index contributed by atoms with van der Waals surface area (Å²) in [5.74, 6) is -2.27. The molecular formula is C53H55BClN6O13S2+. The molecule has 1 fully saturated rings. The zero-order valence-corrected chi connectivity index (χ0v) is 45.4. The number of rotatable bonds is 18. The van der Waals surface area contributed by atoms with Gasteiger partial charge in [-0.15, -0.1) is 11.3 Å². The predicted octanol–water partition coefficient (Wildman–Crippen LogP) is 6.00. The van der Waals surface area contributed by atoms with Crippen molar-refractivity contribution in [2.75, 3.05) is 31.4 Å². The van der Waals surface area contributed by atoms with Crippen LogP contribution in [0.15, 0.2) is 101 Å². The first kappa shape index (κ1) is 55.0. The highest BCUT2D eigenvalue weighted by atomic mass is 35.5. The Morgan fingerprint density at radius 1 is 0.947 bits per heavy atom. The number of aryl methyl sites for hydroxylation is 1. The Labute approximate surface area is 451 Å². The number of amides is 3. The Morgan fingerprint density at radius 3 is 2.21 bits per heavy atom. The molecule has 8 rings (SSSR count). The minimum atomic E-state index is -1.89. The summed E-state index contributed by atoms with van der Waals surface area (Å²) in [6, 6.07) is 20.1. The van der Waals surface area contributed by atoms with E-state index in [-0.39, 0.29) is 64.5 Å². The molecule has 2 aromatic heterocycles. The van der Waals surface area contributed by atoms with E-state index in [9.17, 15) is 28.2 Å². The van der Waals surface area contributed by atoms with Crippen molar-refractivity contribution in [1.82, 2.24) is 15.2 Å². The molecule has 1 saturated heterocycles. The third-order valence-corrected chi connectivity index (χ3v) is 15.2. The van der Waals surface area contributed by atoms with Gasteiger partial charge in [-0.2, -0.15) is 4.57 Å². The maximum absolute atomic E-state index is 14.7. The van der Waals surface area contributed by atoms with Gasteiger partial charge in [-0.05, 0) is 102 Å². The number of hydrogen-bond donors (Lipinski definition) is 1. The van der Waals surface area contributed by atoms with Gasteiger partial charge >= 0.3 is 20.0 Å². The first-order valence-corrected chi connectivity index (χ1v) is 26.6. The van der Waals surface area contributed by atoms with Gasteiger partial charge < -0.3 is 43.4 Å². The number of thiazole rings is 1. The number of aromatic nitrogens is 2. The minimum Gasteiger partial charge on any atom is -0.539 e. The van der Waals surface area contributed by atoms with Crippen molar-refractivity contribution in [3.8, 4) is 23.0 Å². The number of anilines is 1. The molecule has 3 aliphatic heterocycles. The van der Waals surface area contributed by atoms with Gasteiger partial charge in [0.1, 0.15) is 58.8 Å². The second-order valence-electron chi connectivity index (χ2n) is 19.3. The Kier molecular flexibility index (Phi) is 16.6. The summed E-state index contributed by atoms with van der Waals surface area (Å²) in [7, 11) is 6.73. The normalized spacial score (nSPS) is 17.4. The Morgan fingerprint density at radius 2 is 1.61 bits per heavy atom. The molecule has 1 unspecified atom stereocenters. The van der Waals surface area contributed by atoms with Gasteiger partial charge in [0.15, 0.2) is 30.0 Å². The van der Waals surface area contributed by atoms with Gasteiger partial charge in [0.05, 0.1) is 46.4 Å². The lowest BCUT2D eigenvalue weighted by atomic mass is 10.0. The van der Waals surface area contributed by atoms with Crippen LogP contribution in [0.1, 0.15) is 78.9 Å². The number of hydrogen-bond acceptors (Lipinski definition) is 16. The number of ether oxygens (including phenoxy) is 5. The maximum Gasteiger partial charge on any atom is 0.378 e. The SMILES string of the molecule is [B]OC(=O)C1=C(C[n+]2cccc3c2CCCN3C(=O)c2ccc(OCc3ccc(OC)cc3)c(OCc3ccc(OC)cc3)c2Cl)CS(=O)[C@@H]2[C@H](NC(=O)/C(=N\OC(C)(C)C(=O)OC(C)(C)C)c3csc(C)n3)C(=O)N12. The summed E-state index contributed by atoms with van der Waals surface area (Å²) in [5.41, 5.74) is 0.369. The van der Waals surface area contributed by atoms with Gasteiger partial charge in [-0.3, -0.25) is 23.5 Å². The number of oxime groups is 1. The van der Waals surface area contributed by atoms with E-state index in [2.05, 4.69) is 15.5 Å². The van der Waals surface area contributed by atoms with Crippen LogP contribution in [0, 0.1) is 6.92 Å². The third kappa shape index (κ3) is 11.9. The molecule has 396 valence electrons. The highest BCUT2D eigenvalue weighted by Crippen LogP contribution is 2.41.